The monoisotopic (exact) mass is 735 g/mol. The van der Waals surface area contributed by atoms with Crippen molar-refractivity contribution in [2.45, 2.75) is 23.7 Å². The Kier molecular flexibility index (Phi) is 5.15. The topological polar surface area (TPSA) is 207 Å². The van der Waals surface area contributed by atoms with Crippen molar-refractivity contribution >= 4 is 90.6 Å². The molecule has 0 spiro atoms. The minimum Gasteiger partial charge on any atom is -0.355 e. The first-order valence-corrected chi connectivity index (χ1v) is 18.3. The molecule has 8 unspecified atom stereocenters. The van der Waals surface area contributed by atoms with Gasteiger partial charge in [-0.05, 0) is 40.5 Å². The predicted octanol–water partition coefficient (Wildman–Crippen LogP) is 3.22. The Morgan fingerprint density at radius 2 is 0.589 bits per heavy atom. The summed E-state index contributed by atoms with van der Waals surface area (Å²) in [5, 5.41) is 0. The maximum absolute atomic E-state index is 13.4. The Hall–Kier alpha value is -7.15. The van der Waals surface area contributed by atoms with Gasteiger partial charge >= 0.3 is 0 Å². The Morgan fingerprint density at radius 1 is 0.321 bits per heavy atom. The lowest BCUT2D eigenvalue weighted by atomic mass is 9.69. The number of carbonyl (C=O) groups is 8. The molecule has 266 valence electrons. The van der Waals surface area contributed by atoms with Gasteiger partial charge in [0, 0.05) is 44.4 Å². The first-order valence-electron chi connectivity index (χ1n) is 18.3. The summed E-state index contributed by atoms with van der Waals surface area (Å²) in [6.07, 6.45) is 13.6. The van der Waals surface area contributed by atoms with Crippen molar-refractivity contribution in [3.05, 3.63) is 112 Å². The van der Waals surface area contributed by atoms with E-state index < -0.39 is 93.6 Å². The number of fused-ring (bicyclic) bond motifs is 12. The molecule has 12 aliphatic carbocycles. The van der Waals surface area contributed by atoms with Crippen molar-refractivity contribution in [1.82, 2.24) is 24.9 Å². The molecule has 0 saturated carbocycles. The van der Waals surface area contributed by atoms with Gasteiger partial charge in [-0.1, -0.05) is 48.6 Å². The van der Waals surface area contributed by atoms with Crippen LogP contribution in [0.15, 0.2) is 66.8 Å². The van der Waals surface area contributed by atoms with Crippen LogP contribution in [-0.4, -0.2) is 71.2 Å². The highest BCUT2D eigenvalue weighted by atomic mass is 16.2. The molecule has 3 aromatic heterocycles. The smallest absolute Gasteiger partial charge is 0.210 e. The number of hydrogen-bond donors (Lipinski definition) is 2. The fourth-order valence-corrected chi connectivity index (χ4v) is 10.7. The molecule has 3 aromatic rings. The average Bonchev–Trinajstić information content (AvgIpc) is 3.96. The number of aromatic amines is 2. The summed E-state index contributed by atoms with van der Waals surface area (Å²) in [7, 11) is 0. The molecule has 56 heavy (non-hydrogen) atoms. The fourth-order valence-electron chi connectivity index (χ4n) is 10.7. The van der Waals surface area contributed by atoms with Crippen LogP contribution >= 0.6 is 0 Å². The summed E-state index contributed by atoms with van der Waals surface area (Å²) < 4.78 is 0. The highest BCUT2D eigenvalue weighted by Crippen LogP contribution is 2.53. The van der Waals surface area contributed by atoms with Crippen LogP contribution in [0.5, 0.6) is 0 Å². The molecular formula is C43H21N5O8. The molecule has 8 atom stereocenters. The normalized spacial score (nSPS) is 30.7. The number of hydrogen-bond acceptors (Lipinski definition) is 11. The molecule has 0 fully saturated rings. The first-order chi connectivity index (χ1) is 27.1. The van der Waals surface area contributed by atoms with E-state index >= 15 is 0 Å². The van der Waals surface area contributed by atoms with E-state index in [1.54, 1.807) is 66.8 Å². The van der Waals surface area contributed by atoms with E-state index in [2.05, 4.69) is 9.97 Å². The summed E-state index contributed by atoms with van der Waals surface area (Å²) in [4.78, 5) is 129. The first kappa shape index (κ1) is 30.2. The Bertz CT molecular complexity index is 2940. The molecule has 0 aromatic carbocycles. The molecule has 13 nitrogen and oxygen atoms in total. The molecule has 14 aliphatic rings. The summed E-state index contributed by atoms with van der Waals surface area (Å²) in [6.45, 7) is 0. The van der Waals surface area contributed by atoms with Crippen molar-refractivity contribution in [3.8, 4) is 0 Å². The van der Waals surface area contributed by atoms with Gasteiger partial charge in [0.1, 0.15) is 0 Å². The third-order valence-electron chi connectivity index (χ3n) is 13.1. The van der Waals surface area contributed by atoms with Gasteiger partial charge < -0.3 is 9.97 Å². The number of allylic oxidation sites excluding steroid dienone is 12. The zero-order valence-corrected chi connectivity index (χ0v) is 28.6. The SMILES string of the molecule is O=C1C(=O)C2C=CC1C1=C2c2nc1cc1[nH]c(cc3[nH]c(cc4nc(n2)C2=C4C4C=CC2C(=O)C4=O)c2c3C3C=CC2C(=O)C3=O)c2c1C1C=CC2C(=O)C1=O. The number of ketones is 8. The van der Waals surface area contributed by atoms with Gasteiger partial charge in [0.25, 0.3) is 0 Å². The van der Waals surface area contributed by atoms with Gasteiger partial charge in [-0.25, -0.2) is 15.0 Å². The van der Waals surface area contributed by atoms with Crippen molar-refractivity contribution in [3.63, 3.8) is 0 Å². The zero-order valence-electron chi connectivity index (χ0n) is 28.6. The Balaban J connectivity index is 1.21. The molecule has 16 bridgehead atoms. The number of carbonyl (C=O) groups excluding carboxylic acids is 8. The van der Waals surface area contributed by atoms with Crippen LogP contribution in [0.2, 0.25) is 0 Å². The Labute approximate surface area is 312 Å². The second kappa shape index (κ2) is 9.55. The predicted molar refractivity (Wildman–Crippen MR) is 194 cm³/mol. The van der Waals surface area contributed by atoms with Crippen molar-refractivity contribution in [2.24, 2.45) is 23.7 Å². The fraction of sp³-hybridized carbons (Fsp3) is 0.186. The molecular weight excluding hydrogens is 715 g/mol. The lowest BCUT2D eigenvalue weighted by Crippen LogP contribution is -2.38. The van der Waals surface area contributed by atoms with E-state index in [0.717, 1.165) is 0 Å². The summed E-state index contributed by atoms with van der Waals surface area (Å²) in [5.41, 5.74) is 6.77. The van der Waals surface area contributed by atoms with Gasteiger partial charge in [0.15, 0.2) is 11.6 Å². The van der Waals surface area contributed by atoms with Crippen molar-refractivity contribution < 1.29 is 38.4 Å². The standard InChI is InChI=1S/C43H21N5O8/c49-34-12-1-3-14(36(34)51)28-22-10-24-30-16-5-7-18(40(55)38(16)53)32(30)42(46-24)48-43-33-19-8-6-17(39(54)41(19)56)31(33)25(47-43)11-23-29-15-4-2-13(35(50)37(15)52)27(29)21(45-23)9-20(44-22)26(12)28/h1-19,44-45H. The van der Waals surface area contributed by atoms with E-state index in [9.17, 15) is 38.4 Å². The van der Waals surface area contributed by atoms with Gasteiger partial charge in [0.2, 0.25) is 46.3 Å². The highest BCUT2D eigenvalue weighted by molar-refractivity contribution is 6.49. The minimum atomic E-state index is -0.957. The maximum atomic E-state index is 13.4. The third-order valence-corrected chi connectivity index (χ3v) is 13.1. The van der Waals surface area contributed by atoms with Crippen molar-refractivity contribution in [1.29, 1.82) is 0 Å². The number of aromatic nitrogens is 5. The molecule has 2 aliphatic heterocycles. The van der Waals surface area contributed by atoms with Crippen LogP contribution in [-0.2, 0) is 38.4 Å². The molecule has 0 saturated heterocycles. The van der Waals surface area contributed by atoms with Gasteiger partial charge in [-0.2, -0.15) is 0 Å². The van der Waals surface area contributed by atoms with Crippen LogP contribution in [0, 0.1) is 23.7 Å². The molecule has 2 N–H and O–H groups in total. The molecule has 13 heteroatoms. The lowest BCUT2D eigenvalue weighted by molar-refractivity contribution is -0.138. The zero-order chi connectivity index (χ0) is 37.8. The lowest BCUT2D eigenvalue weighted by Gasteiger charge is -2.30. The number of H-pyrrole nitrogens is 2. The van der Waals surface area contributed by atoms with E-state index in [1.807, 2.05) is 0 Å². The van der Waals surface area contributed by atoms with Gasteiger partial charge in [-0.3, -0.25) is 38.4 Å². The number of Topliss-reactive ketones (excluding diaryl/α,β-unsaturated/α-hetero) is 8. The average molecular weight is 736 g/mol. The largest absolute Gasteiger partial charge is 0.355 e. The van der Waals surface area contributed by atoms with Crippen LogP contribution in [0.4, 0.5) is 0 Å². The Morgan fingerprint density at radius 3 is 0.929 bits per heavy atom. The summed E-state index contributed by atoms with van der Waals surface area (Å²) >= 11 is 0. The summed E-state index contributed by atoms with van der Waals surface area (Å²) in [6, 6.07) is 5.20. The van der Waals surface area contributed by atoms with Crippen LogP contribution in [0.1, 0.15) is 69.0 Å². The van der Waals surface area contributed by atoms with Crippen LogP contribution in [0.3, 0.4) is 0 Å². The van der Waals surface area contributed by atoms with E-state index in [4.69, 9.17) is 15.0 Å². The van der Waals surface area contributed by atoms with Gasteiger partial charge in [0.05, 0.1) is 58.7 Å². The molecule has 5 heterocycles. The second-order valence-electron chi connectivity index (χ2n) is 15.7. The van der Waals surface area contributed by atoms with E-state index in [-0.39, 0.29) is 11.6 Å². The third kappa shape index (κ3) is 3.30. The number of nitrogens with zero attached hydrogens (tertiary/aromatic N) is 3. The number of nitrogens with one attached hydrogen (secondary N) is 2. The number of rotatable bonds is 0. The van der Waals surface area contributed by atoms with Crippen molar-refractivity contribution in [2.75, 3.05) is 0 Å². The van der Waals surface area contributed by atoms with Crippen LogP contribution in [0.25, 0.3) is 44.4 Å². The van der Waals surface area contributed by atoms with Crippen LogP contribution < -0.4 is 0 Å². The molecule has 0 radical (unpaired) electrons. The second-order valence-corrected chi connectivity index (χ2v) is 15.7. The highest BCUT2D eigenvalue weighted by Gasteiger charge is 2.51. The van der Waals surface area contributed by atoms with Gasteiger partial charge in [-0.15, -0.1) is 0 Å². The molecule has 17 rings (SSSR count). The maximum Gasteiger partial charge on any atom is 0.210 e. The van der Waals surface area contributed by atoms with E-state index in [0.29, 0.717) is 78.0 Å². The minimum absolute atomic E-state index is 0.126. The molecule has 0 amide bonds. The van der Waals surface area contributed by atoms with E-state index in [1.165, 1.54) is 0 Å². The quantitative estimate of drug-likeness (QED) is 0.253. The summed E-state index contributed by atoms with van der Waals surface area (Å²) in [5.74, 6) is -11.6.